The van der Waals surface area contributed by atoms with Crippen LogP contribution in [0.15, 0.2) is 18.2 Å². The van der Waals surface area contributed by atoms with Gasteiger partial charge in [-0.3, -0.25) is 9.80 Å². The molecule has 0 saturated carbocycles. The highest BCUT2D eigenvalue weighted by molar-refractivity contribution is 5.36. The smallest absolute Gasteiger partial charge is 0.121 e. The first kappa shape index (κ1) is 13.9. The third kappa shape index (κ3) is 2.97. The van der Waals surface area contributed by atoms with Crippen LogP contribution in [0.2, 0.25) is 0 Å². The zero-order chi connectivity index (χ0) is 13.9. The van der Waals surface area contributed by atoms with E-state index in [1.54, 1.807) is 7.11 Å². The molecular formula is C16H25N3O. The summed E-state index contributed by atoms with van der Waals surface area (Å²) in [5.74, 6) is 0.982. The molecule has 2 aliphatic rings. The molecule has 0 atom stereocenters. The lowest BCUT2D eigenvalue weighted by Crippen LogP contribution is -2.61. The average molecular weight is 275 g/mol. The summed E-state index contributed by atoms with van der Waals surface area (Å²) >= 11 is 0. The van der Waals surface area contributed by atoms with Crippen LogP contribution in [0, 0.1) is 6.92 Å². The van der Waals surface area contributed by atoms with E-state index in [9.17, 15) is 0 Å². The summed E-state index contributed by atoms with van der Waals surface area (Å²) < 4.78 is 5.32. The van der Waals surface area contributed by atoms with Crippen molar-refractivity contribution in [3.63, 3.8) is 0 Å². The van der Waals surface area contributed by atoms with Crippen LogP contribution in [-0.4, -0.2) is 62.2 Å². The Morgan fingerprint density at radius 2 is 1.95 bits per heavy atom. The topological polar surface area (TPSA) is 27.7 Å². The Morgan fingerprint density at radius 1 is 1.20 bits per heavy atom. The van der Waals surface area contributed by atoms with Gasteiger partial charge in [-0.15, -0.1) is 0 Å². The summed E-state index contributed by atoms with van der Waals surface area (Å²) in [4.78, 5) is 5.19. The summed E-state index contributed by atoms with van der Waals surface area (Å²) in [6, 6.07) is 7.32. The molecule has 0 unspecified atom stereocenters. The van der Waals surface area contributed by atoms with E-state index in [1.807, 2.05) is 0 Å². The van der Waals surface area contributed by atoms with Crippen molar-refractivity contribution in [2.75, 3.05) is 46.4 Å². The first-order chi connectivity index (χ1) is 9.76. The molecule has 0 amide bonds. The maximum absolute atomic E-state index is 5.32. The predicted octanol–water partition coefficient (Wildman–Crippen LogP) is 1.09. The van der Waals surface area contributed by atoms with Gasteiger partial charge in [0.2, 0.25) is 0 Å². The number of nitrogens with one attached hydrogen (secondary N) is 1. The predicted molar refractivity (Wildman–Crippen MR) is 81.2 cm³/mol. The number of ether oxygens (including phenoxy) is 1. The van der Waals surface area contributed by atoms with Crippen molar-refractivity contribution in [1.29, 1.82) is 0 Å². The lowest BCUT2D eigenvalue weighted by molar-refractivity contribution is 0.0695. The van der Waals surface area contributed by atoms with E-state index in [0.717, 1.165) is 18.3 Å². The number of hydrogen-bond donors (Lipinski definition) is 1. The van der Waals surface area contributed by atoms with Crippen molar-refractivity contribution >= 4 is 0 Å². The van der Waals surface area contributed by atoms with Gasteiger partial charge in [0.25, 0.3) is 0 Å². The van der Waals surface area contributed by atoms with Crippen molar-refractivity contribution in [2.24, 2.45) is 0 Å². The Morgan fingerprint density at radius 3 is 2.50 bits per heavy atom. The van der Waals surface area contributed by atoms with E-state index >= 15 is 0 Å². The molecule has 3 rings (SSSR count). The highest BCUT2D eigenvalue weighted by Crippen LogP contribution is 2.20. The number of rotatable bonds is 4. The Labute approximate surface area is 121 Å². The van der Waals surface area contributed by atoms with Crippen molar-refractivity contribution in [2.45, 2.75) is 19.5 Å². The zero-order valence-corrected chi connectivity index (χ0v) is 12.6. The van der Waals surface area contributed by atoms with E-state index < -0.39 is 0 Å². The van der Waals surface area contributed by atoms with Crippen LogP contribution >= 0.6 is 0 Å². The van der Waals surface area contributed by atoms with E-state index in [-0.39, 0.29) is 0 Å². The maximum Gasteiger partial charge on any atom is 0.121 e. The fourth-order valence-corrected chi connectivity index (χ4v) is 3.12. The molecule has 110 valence electrons. The van der Waals surface area contributed by atoms with Crippen LogP contribution in [0.4, 0.5) is 0 Å². The van der Waals surface area contributed by atoms with E-state index in [2.05, 4.69) is 40.2 Å². The van der Waals surface area contributed by atoms with Crippen LogP contribution < -0.4 is 10.1 Å². The minimum Gasteiger partial charge on any atom is -0.496 e. The fraction of sp³-hybridized carbons (Fsp3) is 0.625. The number of aryl methyl sites for hydroxylation is 1. The fourth-order valence-electron chi connectivity index (χ4n) is 3.12. The number of methoxy groups -OCH3 is 1. The van der Waals surface area contributed by atoms with Gasteiger partial charge in [-0.1, -0.05) is 12.1 Å². The first-order valence-electron chi connectivity index (χ1n) is 7.57. The average Bonchev–Trinajstić information content (AvgIpc) is 2.39. The van der Waals surface area contributed by atoms with Gasteiger partial charge in [0.05, 0.1) is 7.11 Å². The van der Waals surface area contributed by atoms with Gasteiger partial charge >= 0.3 is 0 Å². The van der Waals surface area contributed by atoms with Crippen LogP contribution in [0.5, 0.6) is 5.75 Å². The summed E-state index contributed by atoms with van der Waals surface area (Å²) in [5.41, 5.74) is 2.62. The Bertz CT molecular complexity index is 451. The molecule has 20 heavy (non-hydrogen) atoms. The molecule has 2 saturated heterocycles. The number of nitrogens with zero attached hydrogens (tertiary/aromatic N) is 2. The van der Waals surface area contributed by atoms with Crippen LogP contribution in [0.1, 0.15) is 11.1 Å². The molecule has 1 aromatic carbocycles. The SMILES string of the molecule is COc1ccc(CN2CCN(C3CNC3)CC2)cc1C. The zero-order valence-electron chi connectivity index (χ0n) is 12.6. The van der Waals surface area contributed by atoms with Crippen molar-refractivity contribution in [1.82, 2.24) is 15.1 Å². The van der Waals surface area contributed by atoms with Gasteiger partial charge < -0.3 is 10.1 Å². The molecule has 0 aliphatic carbocycles. The molecule has 2 aliphatic heterocycles. The molecule has 1 aromatic rings. The summed E-state index contributed by atoms with van der Waals surface area (Å²) in [5, 5.41) is 3.36. The molecule has 0 spiro atoms. The van der Waals surface area contributed by atoms with E-state index in [4.69, 9.17) is 4.74 Å². The molecule has 1 N–H and O–H groups in total. The summed E-state index contributed by atoms with van der Waals surface area (Å²) in [7, 11) is 1.73. The molecule has 2 heterocycles. The van der Waals surface area contributed by atoms with E-state index in [0.29, 0.717) is 0 Å². The maximum atomic E-state index is 5.32. The largest absolute Gasteiger partial charge is 0.496 e. The van der Waals surface area contributed by atoms with Crippen LogP contribution in [-0.2, 0) is 6.54 Å². The molecule has 0 aromatic heterocycles. The minimum atomic E-state index is 0.792. The molecule has 0 bridgehead atoms. The number of hydrogen-bond acceptors (Lipinski definition) is 4. The van der Waals surface area contributed by atoms with E-state index in [1.165, 1.54) is 50.4 Å². The van der Waals surface area contributed by atoms with Gasteiger partial charge in [0.15, 0.2) is 0 Å². The van der Waals surface area contributed by atoms with Crippen LogP contribution in [0.25, 0.3) is 0 Å². The van der Waals surface area contributed by atoms with Gasteiger partial charge in [0, 0.05) is 51.9 Å². The number of benzene rings is 1. The van der Waals surface area contributed by atoms with Crippen LogP contribution in [0.3, 0.4) is 0 Å². The van der Waals surface area contributed by atoms with Crippen molar-refractivity contribution < 1.29 is 4.74 Å². The second-order valence-electron chi connectivity index (χ2n) is 5.93. The molecule has 4 nitrogen and oxygen atoms in total. The Balaban J connectivity index is 1.52. The molecular weight excluding hydrogens is 250 g/mol. The molecule has 4 heteroatoms. The highest BCUT2D eigenvalue weighted by Gasteiger charge is 2.27. The van der Waals surface area contributed by atoms with Gasteiger partial charge in [0.1, 0.15) is 5.75 Å². The number of piperazine rings is 1. The Kier molecular flexibility index (Phi) is 4.24. The summed E-state index contributed by atoms with van der Waals surface area (Å²) in [6.07, 6.45) is 0. The quantitative estimate of drug-likeness (QED) is 0.890. The first-order valence-corrected chi connectivity index (χ1v) is 7.57. The normalized spacial score (nSPS) is 21.7. The van der Waals surface area contributed by atoms with Crippen molar-refractivity contribution in [3.05, 3.63) is 29.3 Å². The monoisotopic (exact) mass is 275 g/mol. The Hall–Kier alpha value is -1.10. The lowest BCUT2D eigenvalue weighted by Gasteiger charge is -2.43. The minimum absolute atomic E-state index is 0.792. The second-order valence-corrected chi connectivity index (χ2v) is 5.93. The van der Waals surface area contributed by atoms with Gasteiger partial charge in [-0.05, 0) is 24.1 Å². The molecule has 0 radical (unpaired) electrons. The van der Waals surface area contributed by atoms with Gasteiger partial charge in [-0.2, -0.15) is 0 Å². The highest BCUT2D eigenvalue weighted by atomic mass is 16.5. The molecule has 2 fully saturated rings. The van der Waals surface area contributed by atoms with Gasteiger partial charge in [-0.25, -0.2) is 0 Å². The second kappa shape index (κ2) is 6.12. The summed E-state index contributed by atoms with van der Waals surface area (Å²) in [6.45, 7) is 10.3. The third-order valence-electron chi connectivity index (χ3n) is 4.55. The van der Waals surface area contributed by atoms with Crippen molar-refractivity contribution in [3.8, 4) is 5.75 Å². The lowest BCUT2D eigenvalue weighted by atomic mass is 10.1. The third-order valence-corrected chi connectivity index (χ3v) is 4.55. The standard InChI is InChI=1S/C16H25N3O/c1-13-9-14(3-4-16(13)20-2)12-18-5-7-19(8-6-18)15-10-17-11-15/h3-4,9,15,17H,5-8,10-12H2,1-2H3.